The number of hydrogen-bond donors (Lipinski definition) is 1. The van der Waals surface area contributed by atoms with Gasteiger partial charge in [0.05, 0.1) is 0 Å². The van der Waals surface area contributed by atoms with Crippen molar-refractivity contribution < 1.29 is 9.59 Å². The summed E-state index contributed by atoms with van der Waals surface area (Å²) in [6.07, 6.45) is 0. The minimum atomic E-state index is -0.106. The molecule has 1 aromatic rings. The number of hydrogen-bond acceptors (Lipinski definition) is 2. The molecule has 0 radical (unpaired) electrons. The minimum absolute atomic E-state index is 0.0291. The molecule has 4 nitrogen and oxygen atoms in total. The third-order valence-electron chi connectivity index (χ3n) is 2.53. The normalized spacial score (nSPS) is 9.76. The van der Waals surface area contributed by atoms with Gasteiger partial charge in [0.15, 0.2) is 0 Å². The number of carbonyl (C=O) groups excluding carboxylic acids is 2. The summed E-state index contributed by atoms with van der Waals surface area (Å²) >= 11 is 0. The fraction of sp³-hybridized carbons (Fsp3) is 0.385. The van der Waals surface area contributed by atoms with E-state index in [1.807, 2.05) is 25.1 Å². The molecule has 0 aliphatic rings. The lowest BCUT2D eigenvalue weighted by molar-refractivity contribution is -0.128. The number of carbonyl (C=O) groups is 2. The van der Waals surface area contributed by atoms with Gasteiger partial charge in [-0.25, -0.2) is 0 Å². The van der Waals surface area contributed by atoms with Gasteiger partial charge < -0.3 is 10.2 Å². The second kappa shape index (κ2) is 6.68. The number of nitrogens with one attached hydrogen (secondary N) is 1. The molecule has 0 spiro atoms. The summed E-state index contributed by atoms with van der Waals surface area (Å²) in [4.78, 5) is 24.5. The van der Waals surface area contributed by atoms with E-state index in [-0.39, 0.29) is 11.8 Å². The molecule has 92 valence electrons. The van der Waals surface area contributed by atoms with E-state index >= 15 is 0 Å². The molecule has 4 heteroatoms. The quantitative estimate of drug-likeness (QED) is 0.834. The average Bonchev–Trinajstić information content (AvgIpc) is 2.35. The molecule has 0 aromatic heterocycles. The molecule has 0 aliphatic carbocycles. The van der Waals surface area contributed by atoms with Crippen LogP contribution in [-0.4, -0.2) is 36.3 Å². The number of nitrogens with zero attached hydrogens (tertiary/aromatic N) is 1. The third kappa shape index (κ3) is 4.26. The van der Waals surface area contributed by atoms with Gasteiger partial charge in [0, 0.05) is 32.1 Å². The van der Waals surface area contributed by atoms with Crippen LogP contribution >= 0.6 is 0 Å². The second-order valence-electron chi connectivity index (χ2n) is 3.72. The van der Waals surface area contributed by atoms with Gasteiger partial charge in [-0.05, 0) is 19.1 Å². The van der Waals surface area contributed by atoms with Gasteiger partial charge in [-0.3, -0.25) is 9.59 Å². The fourth-order valence-electron chi connectivity index (χ4n) is 1.53. The largest absolute Gasteiger partial charge is 0.350 e. The van der Waals surface area contributed by atoms with Crippen LogP contribution in [0.4, 0.5) is 0 Å². The summed E-state index contributed by atoms with van der Waals surface area (Å²) in [6, 6.07) is 9.03. The summed E-state index contributed by atoms with van der Waals surface area (Å²) in [5, 5.41) is 2.79. The molecule has 1 aromatic carbocycles. The summed E-state index contributed by atoms with van der Waals surface area (Å²) in [6.45, 7) is 5.13. The molecule has 1 N–H and O–H groups in total. The molecule has 0 bridgehead atoms. The summed E-state index contributed by atoms with van der Waals surface area (Å²) in [5.74, 6) is -0.0772. The van der Waals surface area contributed by atoms with Gasteiger partial charge in [0.2, 0.25) is 5.91 Å². The van der Waals surface area contributed by atoms with Crippen molar-refractivity contribution >= 4 is 11.8 Å². The first-order valence-electron chi connectivity index (χ1n) is 5.74. The van der Waals surface area contributed by atoms with Gasteiger partial charge >= 0.3 is 0 Å². The molecular formula is C13H18N2O2. The van der Waals surface area contributed by atoms with E-state index in [0.717, 1.165) is 0 Å². The van der Waals surface area contributed by atoms with Crippen LogP contribution in [0.1, 0.15) is 24.2 Å². The molecule has 0 atom stereocenters. The van der Waals surface area contributed by atoms with Crippen molar-refractivity contribution in [3.05, 3.63) is 35.9 Å². The van der Waals surface area contributed by atoms with Crippen molar-refractivity contribution in [1.29, 1.82) is 0 Å². The maximum absolute atomic E-state index is 11.7. The van der Waals surface area contributed by atoms with E-state index in [9.17, 15) is 9.59 Å². The van der Waals surface area contributed by atoms with Crippen LogP contribution in [0.2, 0.25) is 0 Å². The summed E-state index contributed by atoms with van der Waals surface area (Å²) < 4.78 is 0. The summed E-state index contributed by atoms with van der Waals surface area (Å²) in [5.41, 5.74) is 0.637. The monoisotopic (exact) mass is 234 g/mol. The molecule has 2 amide bonds. The number of rotatable bonds is 5. The van der Waals surface area contributed by atoms with Crippen LogP contribution in [0.25, 0.3) is 0 Å². The second-order valence-corrected chi connectivity index (χ2v) is 3.72. The highest BCUT2D eigenvalue weighted by molar-refractivity contribution is 5.94. The number of likely N-dealkylation sites (N-methyl/N-ethyl adjacent to an activating group) is 1. The zero-order valence-electron chi connectivity index (χ0n) is 10.3. The van der Waals surface area contributed by atoms with Gasteiger partial charge in [0.1, 0.15) is 0 Å². The Labute approximate surface area is 102 Å². The Kier molecular flexibility index (Phi) is 5.20. The fourth-order valence-corrected chi connectivity index (χ4v) is 1.53. The first kappa shape index (κ1) is 13.2. The zero-order valence-corrected chi connectivity index (χ0v) is 10.3. The molecule has 0 saturated carbocycles. The smallest absolute Gasteiger partial charge is 0.251 e. The molecule has 0 saturated heterocycles. The van der Waals surface area contributed by atoms with Crippen LogP contribution < -0.4 is 5.32 Å². The van der Waals surface area contributed by atoms with Crippen molar-refractivity contribution in [1.82, 2.24) is 10.2 Å². The van der Waals surface area contributed by atoms with E-state index in [0.29, 0.717) is 25.2 Å². The standard InChI is InChI=1S/C13H18N2O2/c1-3-15(11(2)16)10-9-14-13(17)12-7-5-4-6-8-12/h4-8H,3,9-10H2,1-2H3,(H,14,17). The van der Waals surface area contributed by atoms with Crippen LogP contribution in [0, 0.1) is 0 Å². The van der Waals surface area contributed by atoms with Crippen molar-refractivity contribution in [3.63, 3.8) is 0 Å². The van der Waals surface area contributed by atoms with E-state index in [2.05, 4.69) is 5.32 Å². The zero-order chi connectivity index (χ0) is 12.7. The molecule has 0 unspecified atom stereocenters. The van der Waals surface area contributed by atoms with Crippen molar-refractivity contribution in [2.24, 2.45) is 0 Å². The van der Waals surface area contributed by atoms with E-state index in [1.165, 1.54) is 6.92 Å². The molecule has 0 heterocycles. The lowest BCUT2D eigenvalue weighted by Gasteiger charge is -2.18. The first-order chi connectivity index (χ1) is 8.15. The number of amides is 2. The van der Waals surface area contributed by atoms with Crippen LogP contribution in [0.5, 0.6) is 0 Å². The Bertz CT molecular complexity index is 376. The van der Waals surface area contributed by atoms with Crippen LogP contribution in [0.15, 0.2) is 30.3 Å². The van der Waals surface area contributed by atoms with Gasteiger partial charge in [-0.1, -0.05) is 18.2 Å². The molecule has 0 aliphatic heterocycles. The highest BCUT2D eigenvalue weighted by Crippen LogP contribution is 1.97. The van der Waals surface area contributed by atoms with E-state index in [4.69, 9.17) is 0 Å². The lowest BCUT2D eigenvalue weighted by Crippen LogP contribution is -2.37. The van der Waals surface area contributed by atoms with E-state index < -0.39 is 0 Å². The predicted molar refractivity (Wildman–Crippen MR) is 66.7 cm³/mol. The summed E-state index contributed by atoms with van der Waals surface area (Å²) in [7, 11) is 0. The van der Waals surface area contributed by atoms with Gasteiger partial charge in [-0.2, -0.15) is 0 Å². The van der Waals surface area contributed by atoms with Crippen LogP contribution in [-0.2, 0) is 4.79 Å². The number of benzene rings is 1. The SMILES string of the molecule is CCN(CCNC(=O)c1ccccc1)C(C)=O. The Balaban J connectivity index is 2.37. The molecular weight excluding hydrogens is 216 g/mol. The third-order valence-corrected chi connectivity index (χ3v) is 2.53. The predicted octanol–water partition coefficient (Wildman–Crippen LogP) is 1.28. The maximum Gasteiger partial charge on any atom is 0.251 e. The van der Waals surface area contributed by atoms with Crippen LogP contribution in [0.3, 0.4) is 0 Å². The highest BCUT2D eigenvalue weighted by atomic mass is 16.2. The molecule has 1 rings (SSSR count). The Morgan fingerprint density at radius 3 is 2.41 bits per heavy atom. The topological polar surface area (TPSA) is 49.4 Å². The maximum atomic E-state index is 11.7. The Morgan fingerprint density at radius 2 is 1.88 bits per heavy atom. The average molecular weight is 234 g/mol. The van der Waals surface area contributed by atoms with Crippen molar-refractivity contribution in [2.45, 2.75) is 13.8 Å². The van der Waals surface area contributed by atoms with Gasteiger partial charge in [0.25, 0.3) is 5.91 Å². The Hall–Kier alpha value is -1.84. The van der Waals surface area contributed by atoms with Gasteiger partial charge in [-0.15, -0.1) is 0 Å². The first-order valence-corrected chi connectivity index (χ1v) is 5.74. The molecule has 17 heavy (non-hydrogen) atoms. The van der Waals surface area contributed by atoms with Crippen molar-refractivity contribution in [3.8, 4) is 0 Å². The Morgan fingerprint density at radius 1 is 1.24 bits per heavy atom. The lowest BCUT2D eigenvalue weighted by atomic mass is 10.2. The minimum Gasteiger partial charge on any atom is -0.350 e. The highest BCUT2D eigenvalue weighted by Gasteiger charge is 2.07. The van der Waals surface area contributed by atoms with Crippen molar-refractivity contribution in [2.75, 3.05) is 19.6 Å². The van der Waals surface area contributed by atoms with E-state index in [1.54, 1.807) is 17.0 Å². The molecule has 0 fully saturated rings.